The summed E-state index contributed by atoms with van der Waals surface area (Å²) < 4.78 is 1.03. The molecule has 0 saturated heterocycles. The van der Waals surface area contributed by atoms with Crippen LogP contribution in [0.3, 0.4) is 0 Å². The van der Waals surface area contributed by atoms with Gasteiger partial charge in [0, 0.05) is 16.6 Å². The SMILES string of the molecule is CC(N[C@@H](C)c1cccc(Br)c1)C(C)C(=O)O. The monoisotopic (exact) mass is 299 g/mol. The molecule has 0 saturated carbocycles. The molecule has 0 radical (unpaired) electrons. The topological polar surface area (TPSA) is 49.3 Å². The maximum Gasteiger partial charge on any atom is 0.307 e. The molecule has 94 valence electrons. The van der Waals surface area contributed by atoms with Gasteiger partial charge in [0.2, 0.25) is 0 Å². The number of carboxylic acid groups (broad SMARTS) is 1. The Hall–Kier alpha value is -0.870. The van der Waals surface area contributed by atoms with E-state index in [0.717, 1.165) is 10.0 Å². The fraction of sp³-hybridized carbons (Fsp3) is 0.462. The van der Waals surface area contributed by atoms with E-state index >= 15 is 0 Å². The molecule has 4 heteroatoms. The zero-order valence-electron chi connectivity index (χ0n) is 10.3. The van der Waals surface area contributed by atoms with E-state index in [1.807, 2.05) is 38.1 Å². The van der Waals surface area contributed by atoms with Gasteiger partial charge in [0.15, 0.2) is 0 Å². The van der Waals surface area contributed by atoms with Crippen molar-refractivity contribution in [1.82, 2.24) is 5.32 Å². The first kappa shape index (κ1) is 14.2. The highest BCUT2D eigenvalue weighted by Crippen LogP contribution is 2.19. The fourth-order valence-corrected chi connectivity index (χ4v) is 2.04. The van der Waals surface area contributed by atoms with Gasteiger partial charge in [-0.25, -0.2) is 0 Å². The Labute approximate surface area is 110 Å². The van der Waals surface area contributed by atoms with Crippen LogP contribution < -0.4 is 5.32 Å². The highest BCUT2D eigenvalue weighted by Gasteiger charge is 2.20. The summed E-state index contributed by atoms with van der Waals surface area (Å²) in [5.74, 6) is -1.17. The lowest BCUT2D eigenvalue weighted by molar-refractivity contribution is -0.142. The Bertz CT molecular complexity index is 395. The van der Waals surface area contributed by atoms with Gasteiger partial charge in [0.05, 0.1) is 5.92 Å². The zero-order chi connectivity index (χ0) is 13.0. The van der Waals surface area contributed by atoms with Crippen molar-refractivity contribution < 1.29 is 9.90 Å². The molecule has 0 aromatic heterocycles. The minimum Gasteiger partial charge on any atom is -0.481 e. The lowest BCUT2D eigenvalue weighted by atomic mass is 10.0. The Morgan fingerprint density at radius 2 is 2.00 bits per heavy atom. The number of hydrogen-bond donors (Lipinski definition) is 2. The number of rotatable bonds is 5. The molecule has 0 aliphatic rings. The molecule has 0 bridgehead atoms. The minimum absolute atomic E-state index is 0.0681. The number of hydrogen-bond acceptors (Lipinski definition) is 2. The Morgan fingerprint density at radius 1 is 1.35 bits per heavy atom. The Balaban J connectivity index is 2.66. The van der Waals surface area contributed by atoms with Crippen molar-refractivity contribution in [2.45, 2.75) is 32.9 Å². The maximum absolute atomic E-state index is 10.9. The van der Waals surface area contributed by atoms with Crippen LogP contribution in [0.5, 0.6) is 0 Å². The number of halogens is 1. The highest BCUT2D eigenvalue weighted by molar-refractivity contribution is 9.10. The Kier molecular flexibility index (Phi) is 5.15. The molecule has 3 atom stereocenters. The standard InChI is InChI=1S/C13H18BrNO2/c1-8(13(16)17)9(2)15-10(3)11-5-4-6-12(14)7-11/h4-10,15H,1-3H3,(H,16,17)/t8?,9?,10-/m0/s1. The molecule has 1 rings (SSSR count). The summed E-state index contributed by atoms with van der Waals surface area (Å²) in [5.41, 5.74) is 1.14. The molecule has 0 aliphatic carbocycles. The van der Waals surface area contributed by atoms with Crippen molar-refractivity contribution >= 4 is 21.9 Å². The van der Waals surface area contributed by atoms with Crippen LogP contribution in [0.4, 0.5) is 0 Å². The van der Waals surface area contributed by atoms with Crippen molar-refractivity contribution in [3.05, 3.63) is 34.3 Å². The van der Waals surface area contributed by atoms with Crippen LogP contribution in [-0.4, -0.2) is 17.1 Å². The van der Waals surface area contributed by atoms with E-state index in [1.54, 1.807) is 6.92 Å². The smallest absolute Gasteiger partial charge is 0.307 e. The second kappa shape index (κ2) is 6.17. The average Bonchev–Trinajstić information content (AvgIpc) is 2.27. The molecule has 3 nitrogen and oxygen atoms in total. The van der Waals surface area contributed by atoms with Gasteiger partial charge in [-0.15, -0.1) is 0 Å². The summed E-state index contributed by atoms with van der Waals surface area (Å²) >= 11 is 3.43. The molecular weight excluding hydrogens is 282 g/mol. The minimum atomic E-state index is -0.772. The lowest BCUT2D eigenvalue weighted by Gasteiger charge is -2.23. The molecule has 0 fully saturated rings. The normalized spacial score (nSPS) is 16.2. The molecular formula is C13H18BrNO2. The molecule has 2 unspecified atom stereocenters. The van der Waals surface area contributed by atoms with Gasteiger partial charge < -0.3 is 10.4 Å². The molecule has 0 aliphatic heterocycles. The van der Waals surface area contributed by atoms with Crippen LogP contribution in [0.2, 0.25) is 0 Å². The van der Waals surface area contributed by atoms with Crippen molar-refractivity contribution in [1.29, 1.82) is 0 Å². The summed E-state index contributed by atoms with van der Waals surface area (Å²) in [6.07, 6.45) is 0. The summed E-state index contributed by atoms with van der Waals surface area (Å²) in [6, 6.07) is 8.07. The van der Waals surface area contributed by atoms with Gasteiger partial charge in [-0.2, -0.15) is 0 Å². The average molecular weight is 300 g/mol. The van der Waals surface area contributed by atoms with Gasteiger partial charge in [-0.05, 0) is 31.5 Å². The van der Waals surface area contributed by atoms with E-state index < -0.39 is 11.9 Å². The van der Waals surface area contributed by atoms with Crippen LogP contribution in [0, 0.1) is 5.92 Å². The van der Waals surface area contributed by atoms with E-state index in [1.165, 1.54) is 0 Å². The molecule has 17 heavy (non-hydrogen) atoms. The van der Waals surface area contributed by atoms with Crippen molar-refractivity contribution in [2.24, 2.45) is 5.92 Å². The third-order valence-corrected chi connectivity index (χ3v) is 3.49. The highest BCUT2D eigenvalue weighted by atomic mass is 79.9. The predicted octanol–water partition coefficient (Wildman–Crippen LogP) is 3.21. The molecule has 0 amide bonds. The van der Waals surface area contributed by atoms with Gasteiger partial charge in [-0.3, -0.25) is 4.79 Å². The number of carboxylic acids is 1. The van der Waals surface area contributed by atoms with E-state index in [2.05, 4.69) is 21.2 Å². The largest absolute Gasteiger partial charge is 0.481 e. The van der Waals surface area contributed by atoms with Crippen molar-refractivity contribution in [3.8, 4) is 0 Å². The first-order chi connectivity index (χ1) is 7.91. The van der Waals surface area contributed by atoms with Crippen LogP contribution in [0.25, 0.3) is 0 Å². The van der Waals surface area contributed by atoms with Crippen LogP contribution in [0.15, 0.2) is 28.7 Å². The van der Waals surface area contributed by atoms with Gasteiger partial charge in [0.1, 0.15) is 0 Å². The van der Waals surface area contributed by atoms with Gasteiger partial charge in [0.25, 0.3) is 0 Å². The number of benzene rings is 1. The van der Waals surface area contributed by atoms with Crippen molar-refractivity contribution in [3.63, 3.8) is 0 Å². The van der Waals surface area contributed by atoms with Crippen LogP contribution in [0.1, 0.15) is 32.4 Å². The first-order valence-corrected chi connectivity index (χ1v) is 6.45. The van der Waals surface area contributed by atoms with Gasteiger partial charge in [-0.1, -0.05) is 35.0 Å². The molecule has 1 aromatic carbocycles. The summed E-state index contributed by atoms with van der Waals surface area (Å²) in [6.45, 7) is 5.65. The maximum atomic E-state index is 10.9. The summed E-state index contributed by atoms with van der Waals surface area (Å²) in [4.78, 5) is 10.9. The lowest BCUT2D eigenvalue weighted by Crippen LogP contribution is -2.37. The predicted molar refractivity (Wildman–Crippen MR) is 72.0 cm³/mol. The second-order valence-corrected chi connectivity index (χ2v) is 5.27. The van der Waals surface area contributed by atoms with E-state index in [-0.39, 0.29) is 12.1 Å². The fourth-order valence-electron chi connectivity index (χ4n) is 1.62. The number of carbonyl (C=O) groups is 1. The summed E-state index contributed by atoms with van der Waals surface area (Å²) in [5, 5.41) is 12.2. The summed E-state index contributed by atoms with van der Waals surface area (Å²) in [7, 11) is 0. The third kappa shape index (κ3) is 4.13. The number of aliphatic carboxylic acids is 1. The van der Waals surface area contributed by atoms with Crippen LogP contribution in [-0.2, 0) is 4.79 Å². The molecule has 1 aromatic rings. The molecule has 0 spiro atoms. The van der Waals surface area contributed by atoms with E-state index in [0.29, 0.717) is 0 Å². The van der Waals surface area contributed by atoms with Crippen LogP contribution >= 0.6 is 15.9 Å². The van der Waals surface area contributed by atoms with E-state index in [9.17, 15) is 4.79 Å². The third-order valence-electron chi connectivity index (χ3n) is 3.00. The Morgan fingerprint density at radius 3 is 2.53 bits per heavy atom. The van der Waals surface area contributed by atoms with Gasteiger partial charge >= 0.3 is 5.97 Å². The molecule has 2 N–H and O–H groups in total. The number of nitrogens with one attached hydrogen (secondary N) is 1. The zero-order valence-corrected chi connectivity index (χ0v) is 11.9. The first-order valence-electron chi connectivity index (χ1n) is 5.66. The second-order valence-electron chi connectivity index (χ2n) is 4.36. The van der Waals surface area contributed by atoms with E-state index in [4.69, 9.17) is 5.11 Å². The molecule has 0 heterocycles. The van der Waals surface area contributed by atoms with Crippen molar-refractivity contribution in [2.75, 3.05) is 0 Å². The quantitative estimate of drug-likeness (QED) is 0.878.